The average molecular weight is 346 g/mol. The van der Waals surface area contributed by atoms with Gasteiger partial charge in [-0.15, -0.1) is 11.8 Å². The number of nitrogens with one attached hydrogen (secondary N) is 1. The maximum atomic E-state index is 12.5. The molecule has 6 nitrogen and oxygen atoms in total. The van der Waals surface area contributed by atoms with Gasteiger partial charge in [-0.3, -0.25) is 0 Å². The molecule has 2 heterocycles. The Bertz CT molecular complexity index is 700. The summed E-state index contributed by atoms with van der Waals surface area (Å²) in [5, 5.41) is 2.74. The summed E-state index contributed by atoms with van der Waals surface area (Å²) in [7, 11) is 0. The summed E-state index contributed by atoms with van der Waals surface area (Å²) >= 11 is 1.67. The minimum Gasteiger partial charge on any atom is -0.466 e. The van der Waals surface area contributed by atoms with Gasteiger partial charge in [0.15, 0.2) is 0 Å². The third-order valence-corrected chi connectivity index (χ3v) is 4.81. The van der Waals surface area contributed by atoms with Gasteiger partial charge in [-0.05, 0) is 43.3 Å². The molecule has 1 saturated heterocycles. The highest BCUT2D eigenvalue weighted by molar-refractivity contribution is 7.99. The molecule has 1 aliphatic rings. The fourth-order valence-corrected chi connectivity index (χ4v) is 3.65. The van der Waals surface area contributed by atoms with Crippen molar-refractivity contribution in [1.29, 1.82) is 0 Å². The second-order valence-corrected chi connectivity index (χ2v) is 6.35. The van der Waals surface area contributed by atoms with Gasteiger partial charge >= 0.3 is 12.0 Å². The lowest BCUT2D eigenvalue weighted by Crippen LogP contribution is -2.34. The summed E-state index contributed by atoms with van der Waals surface area (Å²) in [6.45, 7) is 2.75. The van der Waals surface area contributed by atoms with Crippen molar-refractivity contribution >= 4 is 29.4 Å². The summed E-state index contributed by atoms with van der Waals surface area (Å²) in [5.41, 5.74) is 1.09. The Morgan fingerprint density at radius 2 is 2.12 bits per heavy atom. The topological polar surface area (TPSA) is 71.8 Å². The van der Waals surface area contributed by atoms with Crippen LogP contribution in [0.4, 0.5) is 10.5 Å². The van der Waals surface area contributed by atoms with E-state index in [4.69, 9.17) is 9.15 Å². The van der Waals surface area contributed by atoms with E-state index in [1.165, 1.54) is 0 Å². The first kappa shape index (κ1) is 16.4. The number of furan rings is 1. The molecule has 1 aromatic carbocycles. The number of anilines is 1. The number of benzene rings is 1. The summed E-state index contributed by atoms with van der Waals surface area (Å²) in [5.74, 6) is 1.26. The Kier molecular flexibility index (Phi) is 5.10. The highest BCUT2D eigenvalue weighted by Gasteiger charge is 2.32. The number of ether oxygens (including phenoxy) is 1. The van der Waals surface area contributed by atoms with Crippen LogP contribution in [0.1, 0.15) is 28.4 Å². The van der Waals surface area contributed by atoms with Gasteiger partial charge in [0.05, 0.1) is 18.4 Å². The number of carbonyl (C=O) groups is 2. The van der Waals surface area contributed by atoms with Gasteiger partial charge in [0, 0.05) is 18.0 Å². The molecule has 1 aromatic heterocycles. The minimum atomic E-state index is -0.371. The molecule has 0 aliphatic carbocycles. The fourth-order valence-electron chi connectivity index (χ4n) is 2.44. The van der Waals surface area contributed by atoms with E-state index in [-0.39, 0.29) is 17.4 Å². The molecule has 126 valence electrons. The Labute approximate surface area is 144 Å². The van der Waals surface area contributed by atoms with Crippen LogP contribution >= 0.6 is 11.8 Å². The van der Waals surface area contributed by atoms with E-state index in [9.17, 15) is 9.59 Å². The zero-order chi connectivity index (χ0) is 16.9. The lowest BCUT2D eigenvalue weighted by Gasteiger charge is -2.22. The molecular weight excluding hydrogens is 328 g/mol. The van der Waals surface area contributed by atoms with Crippen LogP contribution < -0.4 is 5.32 Å². The summed E-state index contributed by atoms with van der Waals surface area (Å²) in [6, 6.07) is 10.2. The van der Waals surface area contributed by atoms with Gasteiger partial charge in [-0.2, -0.15) is 0 Å². The highest BCUT2D eigenvalue weighted by Crippen LogP contribution is 2.38. The first-order valence-electron chi connectivity index (χ1n) is 7.69. The second kappa shape index (κ2) is 7.44. The predicted molar refractivity (Wildman–Crippen MR) is 92.0 cm³/mol. The van der Waals surface area contributed by atoms with Gasteiger partial charge in [0.1, 0.15) is 11.1 Å². The Hall–Kier alpha value is -2.41. The number of thioether (sulfide) groups is 1. The van der Waals surface area contributed by atoms with E-state index in [1.54, 1.807) is 54.1 Å². The van der Waals surface area contributed by atoms with Crippen molar-refractivity contribution in [2.45, 2.75) is 12.3 Å². The maximum Gasteiger partial charge on any atom is 0.338 e. The Balaban J connectivity index is 1.65. The quantitative estimate of drug-likeness (QED) is 0.854. The first-order chi connectivity index (χ1) is 11.7. The van der Waals surface area contributed by atoms with E-state index in [0.717, 1.165) is 11.5 Å². The average Bonchev–Trinajstić information content (AvgIpc) is 3.26. The number of rotatable bonds is 4. The minimum absolute atomic E-state index is 0.112. The van der Waals surface area contributed by atoms with E-state index in [1.807, 2.05) is 12.1 Å². The molecule has 2 amide bonds. The number of hydrogen-bond donors (Lipinski definition) is 1. The second-order valence-electron chi connectivity index (χ2n) is 5.16. The smallest absolute Gasteiger partial charge is 0.338 e. The van der Waals surface area contributed by atoms with Crippen molar-refractivity contribution in [2.24, 2.45) is 0 Å². The summed E-state index contributed by atoms with van der Waals surface area (Å²) < 4.78 is 10.4. The van der Waals surface area contributed by atoms with E-state index < -0.39 is 0 Å². The van der Waals surface area contributed by atoms with Crippen LogP contribution in [0.15, 0.2) is 47.1 Å². The number of esters is 1. The van der Waals surface area contributed by atoms with Crippen molar-refractivity contribution in [3.8, 4) is 0 Å². The lowest BCUT2D eigenvalue weighted by atomic mass is 10.2. The van der Waals surface area contributed by atoms with Gasteiger partial charge in [0.2, 0.25) is 0 Å². The number of hydrogen-bond acceptors (Lipinski definition) is 5. The molecule has 1 atom stereocenters. The molecule has 1 aliphatic heterocycles. The van der Waals surface area contributed by atoms with Crippen molar-refractivity contribution in [3.05, 3.63) is 54.0 Å². The molecule has 7 heteroatoms. The van der Waals surface area contributed by atoms with E-state index in [2.05, 4.69) is 5.32 Å². The van der Waals surface area contributed by atoms with Crippen LogP contribution in [-0.2, 0) is 4.74 Å². The lowest BCUT2D eigenvalue weighted by molar-refractivity contribution is 0.0526. The van der Waals surface area contributed by atoms with Crippen LogP contribution in [0.3, 0.4) is 0 Å². The van der Waals surface area contributed by atoms with Crippen LogP contribution in [0.2, 0.25) is 0 Å². The number of carbonyl (C=O) groups excluding carboxylic acids is 2. The van der Waals surface area contributed by atoms with Crippen molar-refractivity contribution in [3.63, 3.8) is 0 Å². The van der Waals surface area contributed by atoms with Crippen molar-refractivity contribution < 1.29 is 18.7 Å². The molecule has 0 saturated carbocycles. The molecule has 1 unspecified atom stereocenters. The number of nitrogens with zero attached hydrogens (tertiary/aromatic N) is 1. The SMILES string of the molecule is CCOC(=O)c1ccc(NC(=O)N2CCSC2c2ccco2)cc1. The monoisotopic (exact) mass is 346 g/mol. The molecule has 2 aromatic rings. The predicted octanol–water partition coefficient (Wildman–Crippen LogP) is 3.74. The third-order valence-electron chi connectivity index (χ3n) is 3.59. The van der Waals surface area contributed by atoms with Gasteiger partial charge in [0.25, 0.3) is 0 Å². The fraction of sp³-hybridized carbons (Fsp3) is 0.294. The normalized spacial score (nSPS) is 16.9. The molecular formula is C17H18N2O4S. The van der Waals surface area contributed by atoms with Crippen molar-refractivity contribution in [1.82, 2.24) is 4.90 Å². The molecule has 0 bridgehead atoms. The first-order valence-corrected chi connectivity index (χ1v) is 8.73. The number of amides is 2. The molecule has 1 fully saturated rings. The standard InChI is InChI=1S/C17H18N2O4S/c1-2-22-16(20)12-5-7-13(8-6-12)18-17(21)19-9-11-24-15(19)14-4-3-10-23-14/h3-8,10,15H,2,9,11H2,1H3,(H,18,21). The Morgan fingerprint density at radius 1 is 1.33 bits per heavy atom. The van der Waals surface area contributed by atoms with Crippen LogP contribution in [0.25, 0.3) is 0 Å². The molecule has 3 rings (SSSR count). The molecule has 0 spiro atoms. The zero-order valence-electron chi connectivity index (χ0n) is 13.2. The van der Waals surface area contributed by atoms with Crippen LogP contribution in [0, 0.1) is 0 Å². The highest BCUT2D eigenvalue weighted by atomic mass is 32.2. The molecule has 0 radical (unpaired) electrons. The number of urea groups is 1. The van der Waals surface area contributed by atoms with E-state index >= 15 is 0 Å². The van der Waals surface area contributed by atoms with Gasteiger partial charge in [-0.25, -0.2) is 9.59 Å². The largest absolute Gasteiger partial charge is 0.466 e. The zero-order valence-corrected chi connectivity index (χ0v) is 14.0. The van der Waals surface area contributed by atoms with Gasteiger partial charge in [-0.1, -0.05) is 0 Å². The van der Waals surface area contributed by atoms with Gasteiger partial charge < -0.3 is 19.4 Å². The summed E-state index contributed by atoms with van der Waals surface area (Å²) in [6.07, 6.45) is 1.61. The molecule has 24 heavy (non-hydrogen) atoms. The third kappa shape index (κ3) is 3.56. The van der Waals surface area contributed by atoms with Crippen molar-refractivity contribution in [2.75, 3.05) is 24.2 Å². The Morgan fingerprint density at radius 3 is 2.79 bits per heavy atom. The maximum absolute atomic E-state index is 12.5. The summed E-state index contributed by atoms with van der Waals surface area (Å²) in [4.78, 5) is 25.9. The molecule has 1 N–H and O–H groups in total. The van der Waals surface area contributed by atoms with E-state index in [0.29, 0.717) is 24.4 Å². The van der Waals surface area contributed by atoms with Crippen LogP contribution in [0.5, 0.6) is 0 Å². The van der Waals surface area contributed by atoms with Crippen LogP contribution in [-0.4, -0.2) is 35.8 Å².